The number of fused-ring (bicyclic) bond motifs is 1. The summed E-state index contributed by atoms with van der Waals surface area (Å²) >= 11 is 0. The minimum Gasteiger partial charge on any atom is -0.406 e. The largest absolute Gasteiger partial charge is 0.573 e. The number of amides is 1. The minimum atomic E-state index is -4.67. The number of likely N-dealkylation sites (N-methyl/N-ethyl adjacent to an activating group) is 1. The molecule has 1 amide bonds. The van der Waals surface area contributed by atoms with Gasteiger partial charge in [-0.15, -0.1) is 13.2 Å². The van der Waals surface area contributed by atoms with Crippen molar-refractivity contribution in [2.24, 2.45) is 0 Å². The molecule has 1 aromatic heterocycles. The fourth-order valence-electron chi connectivity index (χ4n) is 5.46. The number of hydrogen-bond donors (Lipinski definition) is 1. The molecule has 2 aromatic rings. The van der Waals surface area contributed by atoms with Crippen molar-refractivity contribution < 1.29 is 22.7 Å². The third-order valence-electron chi connectivity index (χ3n) is 7.57. The summed E-state index contributed by atoms with van der Waals surface area (Å²) in [6.45, 7) is 7.05. The van der Waals surface area contributed by atoms with E-state index < -0.39 is 13.6 Å². The van der Waals surface area contributed by atoms with Crippen molar-refractivity contribution in [2.45, 2.75) is 38.5 Å². The summed E-state index contributed by atoms with van der Waals surface area (Å²) < 4.78 is 43.2. The van der Waals surface area contributed by atoms with Crippen molar-refractivity contribution in [3.8, 4) is 5.75 Å². The van der Waals surface area contributed by atoms with Gasteiger partial charge < -0.3 is 19.5 Å². The first-order chi connectivity index (χ1) is 16.7. The fraction of sp³-hybridized carbons (Fsp3) is 0.583. The topological polar surface area (TPSA) is 62.6 Å². The standard InChI is InChI=1S/C24H31F3N5O2P/c1-3-20-22(32-9-8-30(2)15-21(32)29-20)23(33)28-14-19-16-35(19)12-10-31(11-13-35)17-4-6-18(7-5-17)34-24(25,26)27/h4-7,19H,3,8-16H2,1-2H3/p+1. The molecule has 1 spiro atoms. The summed E-state index contributed by atoms with van der Waals surface area (Å²) in [5.41, 5.74) is 3.12. The summed E-state index contributed by atoms with van der Waals surface area (Å²) in [7, 11) is 1.04. The number of aryl methyl sites for hydroxylation is 1. The third kappa shape index (κ3) is 5.14. The minimum absolute atomic E-state index is 0.00463. The van der Waals surface area contributed by atoms with Gasteiger partial charge in [-0.2, -0.15) is 0 Å². The van der Waals surface area contributed by atoms with Gasteiger partial charge in [0.15, 0.2) is 0 Å². The number of carbonyl (C=O) groups excluding carboxylic acids is 1. The molecule has 5 rings (SSSR count). The van der Waals surface area contributed by atoms with Gasteiger partial charge >= 0.3 is 6.36 Å². The van der Waals surface area contributed by atoms with Crippen LogP contribution in [0, 0.1) is 0 Å². The molecule has 1 unspecified atom stereocenters. The second-order valence-electron chi connectivity index (χ2n) is 9.81. The number of aromatic nitrogens is 2. The van der Waals surface area contributed by atoms with Crippen LogP contribution in [0.1, 0.15) is 28.9 Å². The monoisotopic (exact) mass is 510 g/mol. The molecule has 190 valence electrons. The lowest BCUT2D eigenvalue weighted by atomic mass is 10.2. The van der Waals surface area contributed by atoms with Crippen molar-refractivity contribution in [3.05, 3.63) is 41.5 Å². The predicted molar refractivity (Wildman–Crippen MR) is 131 cm³/mol. The Bertz CT molecular complexity index is 1080. The lowest BCUT2D eigenvalue weighted by Crippen LogP contribution is -2.36. The number of halogens is 3. The van der Waals surface area contributed by atoms with Crippen LogP contribution in [0.4, 0.5) is 18.9 Å². The van der Waals surface area contributed by atoms with E-state index in [1.807, 2.05) is 6.92 Å². The number of hydrogen-bond acceptors (Lipinski definition) is 5. The van der Waals surface area contributed by atoms with Crippen molar-refractivity contribution >= 4 is 18.9 Å². The normalized spacial score (nSPS) is 21.6. The smallest absolute Gasteiger partial charge is 0.406 e. The Balaban J connectivity index is 1.14. The zero-order chi connectivity index (χ0) is 24.8. The second kappa shape index (κ2) is 9.28. The first-order valence-electron chi connectivity index (χ1n) is 12.2. The maximum absolute atomic E-state index is 13.1. The Kier molecular flexibility index (Phi) is 6.46. The number of nitrogens with zero attached hydrogens (tertiary/aromatic N) is 4. The van der Waals surface area contributed by atoms with Gasteiger partial charge in [0.2, 0.25) is 0 Å². The van der Waals surface area contributed by atoms with E-state index in [2.05, 4.69) is 31.5 Å². The molecule has 1 N–H and O–H groups in total. The average Bonchev–Trinajstić information content (AvgIpc) is 3.34. The highest BCUT2D eigenvalue weighted by atomic mass is 31.2. The second-order valence-corrected chi connectivity index (χ2v) is 14.2. The first kappa shape index (κ1) is 24.4. The molecular formula is C24H32F3N5O2P+. The summed E-state index contributed by atoms with van der Waals surface area (Å²) in [6, 6.07) is 6.13. The highest BCUT2D eigenvalue weighted by molar-refractivity contribution is 7.83. The molecule has 3 aliphatic heterocycles. The molecule has 3 aliphatic rings. The first-order valence-corrected chi connectivity index (χ1v) is 14.6. The Hall–Kier alpha value is -2.32. The van der Waals surface area contributed by atoms with Gasteiger partial charge in [0.1, 0.15) is 22.9 Å². The van der Waals surface area contributed by atoms with E-state index in [4.69, 9.17) is 4.98 Å². The third-order valence-corrected chi connectivity index (χ3v) is 12.4. The number of alkyl halides is 3. The number of ether oxygens (including phenoxy) is 1. The Morgan fingerprint density at radius 3 is 2.54 bits per heavy atom. The van der Waals surface area contributed by atoms with E-state index in [-0.39, 0.29) is 11.7 Å². The summed E-state index contributed by atoms with van der Waals surface area (Å²) in [4.78, 5) is 22.3. The van der Waals surface area contributed by atoms with Gasteiger partial charge in [-0.3, -0.25) is 9.69 Å². The number of rotatable bonds is 6. The highest BCUT2D eigenvalue weighted by Crippen LogP contribution is 2.78. The van der Waals surface area contributed by atoms with Crippen LogP contribution >= 0.6 is 7.26 Å². The highest BCUT2D eigenvalue weighted by Gasteiger charge is 2.63. The SMILES string of the molecule is CCc1nc2n(c1C(=O)NCC1C[P+]13CCN(c1ccc(OC(F)(F)F)cc1)CC3)CCN(C)C2. The summed E-state index contributed by atoms with van der Waals surface area (Å²) in [5, 5.41) is 3.22. The molecule has 35 heavy (non-hydrogen) atoms. The van der Waals surface area contributed by atoms with Crippen LogP contribution in [0.15, 0.2) is 24.3 Å². The van der Waals surface area contributed by atoms with Crippen molar-refractivity contribution in [3.63, 3.8) is 0 Å². The number of imidazole rings is 1. The van der Waals surface area contributed by atoms with Crippen molar-refractivity contribution in [2.75, 3.05) is 56.6 Å². The molecule has 1 atom stereocenters. The summed E-state index contributed by atoms with van der Waals surface area (Å²) in [6.07, 6.45) is -0.459. The molecule has 0 radical (unpaired) electrons. The van der Waals surface area contributed by atoms with E-state index >= 15 is 0 Å². The van der Waals surface area contributed by atoms with Crippen LogP contribution in [0.25, 0.3) is 0 Å². The van der Waals surface area contributed by atoms with Crippen LogP contribution in [0.2, 0.25) is 0 Å². The lowest BCUT2D eigenvalue weighted by molar-refractivity contribution is -0.274. The molecule has 1 aromatic carbocycles. The molecule has 0 aliphatic carbocycles. The van der Waals surface area contributed by atoms with Gasteiger partial charge in [-0.05, 0) is 37.7 Å². The van der Waals surface area contributed by atoms with Crippen LogP contribution in [0.5, 0.6) is 5.75 Å². The number of anilines is 1. The van der Waals surface area contributed by atoms with Gasteiger partial charge in [0.05, 0.1) is 50.4 Å². The maximum Gasteiger partial charge on any atom is 0.573 e. The van der Waals surface area contributed by atoms with E-state index in [1.165, 1.54) is 18.3 Å². The number of benzene rings is 1. The zero-order valence-corrected chi connectivity index (χ0v) is 21.0. The Morgan fingerprint density at radius 2 is 1.89 bits per heavy atom. The van der Waals surface area contributed by atoms with Crippen LogP contribution in [0.3, 0.4) is 0 Å². The van der Waals surface area contributed by atoms with Gasteiger partial charge in [-0.25, -0.2) is 4.98 Å². The quantitative estimate of drug-likeness (QED) is 0.604. The maximum atomic E-state index is 13.1. The molecule has 7 nitrogen and oxygen atoms in total. The van der Waals surface area contributed by atoms with E-state index in [9.17, 15) is 18.0 Å². The summed E-state index contributed by atoms with van der Waals surface area (Å²) in [5.74, 6) is 0.773. The molecule has 0 saturated carbocycles. The van der Waals surface area contributed by atoms with E-state index in [1.54, 1.807) is 12.1 Å². The van der Waals surface area contributed by atoms with Gasteiger partial charge in [0.25, 0.3) is 5.91 Å². The predicted octanol–water partition coefficient (Wildman–Crippen LogP) is 3.44. The van der Waals surface area contributed by atoms with Crippen LogP contribution in [-0.2, 0) is 19.5 Å². The molecular weight excluding hydrogens is 478 g/mol. The molecule has 11 heteroatoms. The van der Waals surface area contributed by atoms with Crippen LogP contribution < -0.4 is 15.0 Å². The zero-order valence-electron chi connectivity index (χ0n) is 20.1. The van der Waals surface area contributed by atoms with Crippen molar-refractivity contribution in [1.29, 1.82) is 0 Å². The molecule has 2 fully saturated rings. The number of carbonyl (C=O) groups is 1. The van der Waals surface area contributed by atoms with E-state index in [0.717, 1.165) is 80.9 Å². The Morgan fingerprint density at radius 1 is 1.17 bits per heavy atom. The Labute approximate surface area is 204 Å². The average molecular weight is 511 g/mol. The molecule has 4 heterocycles. The molecule has 0 bridgehead atoms. The molecule has 2 saturated heterocycles. The van der Waals surface area contributed by atoms with Gasteiger partial charge in [0, 0.05) is 26.0 Å². The lowest BCUT2D eigenvalue weighted by Gasteiger charge is -2.30. The fourth-order valence-corrected chi connectivity index (χ4v) is 10.1. The van der Waals surface area contributed by atoms with Gasteiger partial charge in [-0.1, -0.05) is 6.92 Å². The van der Waals surface area contributed by atoms with E-state index in [0.29, 0.717) is 5.66 Å². The van der Waals surface area contributed by atoms with Crippen molar-refractivity contribution in [1.82, 2.24) is 19.8 Å². The number of nitrogens with one attached hydrogen (secondary N) is 1. The van der Waals surface area contributed by atoms with Crippen LogP contribution in [-0.4, -0.2) is 84.1 Å².